The van der Waals surface area contributed by atoms with Gasteiger partial charge >= 0.3 is 0 Å². The van der Waals surface area contributed by atoms with Crippen molar-refractivity contribution < 1.29 is 23.8 Å². The highest BCUT2D eigenvalue weighted by atomic mass is 32.2. The summed E-state index contributed by atoms with van der Waals surface area (Å²) in [5, 5.41) is 5.74. The van der Waals surface area contributed by atoms with Crippen LogP contribution in [0.3, 0.4) is 0 Å². The van der Waals surface area contributed by atoms with Crippen molar-refractivity contribution in [2.75, 3.05) is 38.2 Å². The molecule has 0 aliphatic rings. The Morgan fingerprint density at radius 1 is 0.933 bits per heavy atom. The molecule has 0 aromatic heterocycles. The molecule has 162 valence electrons. The molecule has 0 spiro atoms. The average molecular weight is 433 g/mol. The van der Waals surface area contributed by atoms with Crippen LogP contribution >= 0.6 is 11.8 Å². The molecule has 0 saturated carbocycles. The van der Waals surface area contributed by atoms with Crippen molar-refractivity contribution in [3.63, 3.8) is 0 Å². The molecule has 1 atom stereocenters. The van der Waals surface area contributed by atoms with E-state index in [-0.39, 0.29) is 29.4 Å². The highest BCUT2D eigenvalue weighted by molar-refractivity contribution is 8.00. The van der Waals surface area contributed by atoms with Gasteiger partial charge in [-0.2, -0.15) is 0 Å². The molecule has 30 heavy (non-hydrogen) atoms. The Balaban J connectivity index is 1.85. The lowest BCUT2D eigenvalue weighted by atomic mass is 10.1. The number of thioether (sulfide) groups is 1. The van der Waals surface area contributed by atoms with Crippen LogP contribution in [0.25, 0.3) is 0 Å². The number of nitrogens with one attached hydrogen (secondary N) is 2. The maximum atomic E-state index is 12.3. The summed E-state index contributed by atoms with van der Waals surface area (Å²) in [6, 6.07) is 10.9. The average Bonchev–Trinajstić information content (AvgIpc) is 2.74. The van der Waals surface area contributed by atoms with Gasteiger partial charge in [0.15, 0.2) is 11.5 Å². The fourth-order valence-corrected chi connectivity index (χ4v) is 3.42. The van der Waals surface area contributed by atoms with Crippen LogP contribution in [0.5, 0.6) is 17.2 Å². The van der Waals surface area contributed by atoms with Crippen LogP contribution in [0.1, 0.15) is 24.1 Å². The molecule has 0 fully saturated rings. The second-order valence-corrected chi connectivity index (χ2v) is 7.64. The van der Waals surface area contributed by atoms with Gasteiger partial charge in [0.1, 0.15) is 0 Å². The van der Waals surface area contributed by atoms with E-state index in [0.717, 1.165) is 16.8 Å². The van der Waals surface area contributed by atoms with Gasteiger partial charge in [0.2, 0.25) is 17.6 Å². The zero-order valence-electron chi connectivity index (χ0n) is 17.9. The highest BCUT2D eigenvalue weighted by Crippen LogP contribution is 2.39. The molecular formula is C22H28N2O5S. The standard InChI is InChI=1S/C22H28N2O5S/c1-14-6-8-17(9-7-14)24-21(26)13-30-12-20(25)23-15(2)16-10-18(27-3)22(29-5)19(11-16)28-4/h6-11,15H,12-13H2,1-5H3,(H,23,25)(H,24,26). The van der Waals surface area contributed by atoms with Crippen molar-refractivity contribution in [3.05, 3.63) is 47.5 Å². The summed E-state index contributed by atoms with van der Waals surface area (Å²) in [4.78, 5) is 24.3. The summed E-state index contributed by atoms with van der Waals surface area (Å²) in [6.07, 6.45) is 0. The van der Waals surface area contributed by atoms with Crippen molar-refractivity contribution in [2.24, 2.45) is 0 Å². The molecular weight excluding hydrogens is 404 g/mol. The number of aryl methyl sites for hydroxylation is 1. The smallest absolute Gasteiger partial charge is 0.234 e. The van der Waals surface area contributed by atoms with Gasteiger partial charge in [0, 0.05) is 5.69 Å². The minimum absolute atomic E-state index is 0.144. The molecule has 0 aliphatic carbocycles. The predicted octanol–water partition coefficient (Wildman–Crippen LogP) is 3.57. The number of amides is 2. The molecule has 1 unspecified atom stereocenters. The number of hydrogen-bond acceptors (Lipinski definition) is 6. The molecule has 2 aromatic carbocycles. The SMILES string of the molecule is COc1cc(C(C)NC(=O)CSCC(=O)Nc2ccc(C)cc2)cc(OC)c1OC. The molecule has 2 rings (SSSR count). The van der Waals surface area contributed by atoms with Crippen molar-refractivity contribution >= 4 is 29.3 Å². The summed E-state index contributed by atoms with van der Waals surface area (Å²) < 4.78 is 16.0. The van der Waals surface area contributed by atoms with Crippen molar-refractivity contribution in [2.45, 2.75) is 19.9 Å². The van der Waals surface area contributed by atoms with E-state index in [1.165, 1.54) is 18.9 Å². The van der Waals surface area contributed by atoms with Gasteiger partial charge in [-0.05, 0) is 43.7 Å². The summed E-state index contributed by atoms with van der Waals surface area (Å²) in [5.74, 6) is 1.61. The first-order chi connectivity index (χ1) is 14.4. The number of hydrogen-bond donors (Lipinski definition) is 2. The molecule has 2 N–H and O–H groups in total. The molecule has 2 aromatic rings. The number of methoxy groups -OCH3 is 3. The Morgan fingerprint density at radius 2 is 1.50 bits per heavy atom. The van der Waals surface area contributed by atoms with Gasteiger partial charge in [-0.15, -0.1) is 11.8 Å². The predicted molar refractivity (Wildman–Crippen MR) is 120 cm³/mol. The monoisotopic (exact) mass is 432 g/mol. The van der Waals surface area contributed by atoms with E-state index >= 15 is 0 Å². The molecule has 0 saturated heterocycles. The van der Waals surface area contributed by atoms with Gasteiger partial charge in [-0.25, -0.2) is 0 Å². The molecule has 0 bridgehead atoms. The third-order valence-corrected chi connectivity index (χ3v) is 5.30. The van der Waals surface area contributed by atoms with Crippen LogP contribution in [0.2, 0.25) is 0 Å². The summed E-state index contributed by atoms with van der Waals surface area (Å²) in [5.41, 5.74) is 2.69. The van der Waals surface area contributed by atoms with E-state index in [9.17, 15) is 9.59 Å². The Kier molecular flexibility index (Phi) is 8.86. The Bertz CT molecular complexity index is 845. The van der Waals surface area contributed by atoms with Crippen LogP contribution < -0.4 is 24.8 Å². The second kappa shape index (κ2) is 11.3. The first-order valence-corrected chi connectivity index (χ1v) is 10.6. The van der Waals surface area contributed by atoms with Crippen molar-refractivity contribution in [1.82, 2.24) is 5.32 Å². The van der Waals surface area contributed by atoms with E-state index in [2.05, 4.69) is 10.6 Å². The molecule has 0 heterocycles. The quantitative estimate of drug-likeness (QED) is 0.597. The van der Waals surface area contributed by atoms with Gasteiger partial charge in [-0.1, -0.05) is 17.7 Å². The van der Waals surface area contributed by atoms with Gasteiger partial charge in [0.25, 0.3) is 0 Å². The Morgan fingerprint density at radius 3 is 2.03 bits per heavy atom. The lowest BCUT2D eigenvalue weighted by Gasteiger charge is -2.18. The number of rotatable bonds is 10. The highest BCUT2D eigenvalue weighted by Gasteiger charge is 2.17. The Hall–Kier alpha value is -2.87. The molecule has 0 radical (unpaired) electrons. The minimum atomic E-state index is -0.270. The zero-order valence-corrected chi connectivity index (χ0v) is 18.7. The second-order valence-electron chi connectivity index (χ2n) is 6.65. The van der Waals surface area contributed by atoms with Crippen LogP contribution in [0, 0.1) is 6.92 Å². The third-order valence-electron chi connectivity index (χ3n) is 4.37. The van der Waals surface area contributed by atoms with Crippen molar-refractivity contribution in [1.29, 1.82) is 0 Å². The van der Waals surface area contributed by atoms with Crippen LogP contribution in [-0.4, -0.2) is 44.6 Å². The summed E-state index contributed by atoms with van der Waals surface area (Å²) in [6.45, 7) is 3.85. The van der Waals surface area contributed by atoms with Gasteiger partial charge in [0.05, 0.1) is 38.9 Å². The molecule has 0 aliphatic heterocycles. The fourth-order valence-electron chi connectivity index (χ4n) is 2.79. The first-order valence-electron chi connectivity index (χ1n) is 9.41. The molecule has 7 nitrogen and oxygen atoms in total. The van der Waals surface area contributed by atoms with Crippen LogP contribution in [0.4, 0.5) is 5.69 Å². The normalized spacial score (nSPS) is 11.4. The fraction of sp³-hybridized carbons (Fsp3) is 0.364. The van der Waals surface area contributed by atoms with E-state index < -0.39 is 0 Å². The number of ether oxygens (including phenoxy) is 3. The maximum Gasteiger partial charge on any atom is 0.234 e. The summed E-state index contributed by atoms with van der Waals surface area (Å²) in [7, 11) is 4.63. The first kappa shape index (κ1) is 23.4. The maximum absolute atomic E-state index is 12.3. The van der Waals surface area contributed by atoms with E-state index in [1.54, 1.807) is 26.4 Å². The molecule has 2 amide bonds. The van der Waals surface area contributed by atoms with E-state index in [0.29, 0.717) is 17.2 Å². The largest absolute Gasteiger partial charge is 0.493 e. The Labute approximate surface area is 181 Å². The topological polar surface area (TPSA) is 85.9 Å². The van der Waals surface area contributed by atoms with E-state index in [1.807, 2.05) is 38.1 Å². The van der Waals surface area contributed by atoms with Crippen molar-refractivity contribution in [3.8, 4) is 17.2 Å². The van der Waals surface area contributed by atoms with Crippen LogP contribution in [-0.2, 0) is 9.59 Å². The molecule has 8 heteroatoms. The number of benzene rings is 2. The third kappa shape index (κ3) is 6.59. The van der Waals surface area contributed by atoms with Crippen LogP contribution in [0.15, 0.2) is 36.4 Å². The summed E-state index contributed by atoms with van der Waals surface area (Å²) >= 11 is 1.26. The lowest BCUT2D eigenvalue weighted by molar-refractivity contribution is -0.119. The number of carbonyl (C=O) groups excluding carboxylic acids is 2. The van der Waals surface area contributed by atoms with E-state index in [4.69, 9.17) is 14.2 Å². The van der Waals surface area contributed by atoms with Gasteiger partial charge in [-0.3, -0.25) is 9.59 Å². The minimum Gasteiger partial charge on any atom is -0.493 e. The van der Waals surface area contributed by atoms with Gasteiger partial charge < -0.3 is 24.8 Å². The zero-order chi connectivity index (χ0) is 22.1. The number of anilines is 1. The number of carbonyl (C=O) groups is 2. The lowest BCUT2D eigenvalue weighted by Crippen LogP contribution is -2.29.